The molecule has 190 valence electrons. The highest BCUT2D eigenvalue weighted by atomic mass is 32.2. The van der Waals surface area contributed by atoms with E-state index in [1.807, 2.05) is 25.7 Å². The largest absolute Gasteiger partial charge is 0.395 e. The predicted octanol–water partition coefficient (Wildman–Crippen LogP) is 2.17. The van der Waals surface area contributed by atoms with Crippen molar-refractivity contribution in [1.29, 1.82) is 0 Å². The van der Waals surface area contributed by atoms with Gasteiger partial charge in [-0.2, -0.15) is 0 Å². The standard InChI is InChI=1S/C21H27F2N7O3S2/c1-20(2)11-29(8-12(10-31)25-20)14-6-13(35(32,33)28-21(3)4-5-21)9-30-15(14)7-24-17(30)19-27-26-18(34-19)16(22)23/h6-7,9,12,16,25,28,31H,4-5,8,10-11H2,1-3H3/t12-/m1/s1. The van der Waals surface area contributed by atoms with E-state index in [0.717, 1.165) is 12.8 Å². The van der Waals surface area contributed by atoms with E-state index in [0.29, 0.717) is 35.6 Å². The first-order chi connectivity index (χ1) is 16.4. The van der Waals surface area contributed by atoms with Gasteiger partial charge >= 0.3 is 0 Å². The number of halogens is 2. The Kier molecular flexibility index (Phi) is 5.87. The van der Waals surface area contributed by atoms with Gasteiger partial charge in [0.15, 0.2) is 15.8 Å². The van der Waals surface area contributed by atoms with Crippen molar-refractivity contribution in [3.8, 4) is 10.8 Å². The van der Waals surface area contributed by atoms with Crippen LogP contribution in [0.5, 0.6) is 0 Å². The molecule has 2 fully saturated rings. The van der Waals surface area contributed by atoms with E-state index in [4.69, 9.17) is 0 Å². The van der Waals surface area contributed by atoms with Crippen LogP contribution in [-0.4, -0.2) is 69.9 Å². The first-order valence-corrected chi connectivity index (χ1v) is 13.5. The normalized spacial score (nSPS) is 21.7. The van der Waals surface area contributed by atoms with E-state index < -0.39 is 27.0 Å². The van der Waals surface area contributed by atoms with Gasteiger partial charge in [0.1, 0.15) is 4.90 Å². The molecular weight excluding hydrogens is 500 g/mol. The zero-order valence-corrected chi connectivity index (χ0v) is 21.1. The lowest BCUT2D eigenvalue weighted by Crippen LogP contribution is -2.63. The van der Waals surface area contributed by atoms with Gasteiger partial charge in [0.05, 0.1) is 24.0 Å². The summed E-state index contributed by atoms with van der Waals surface area (Å²) in [5.74, 6) is 0.230. The minimum atomic E-state index is -3.88. The number of pyridine rings is 1. The molecule has 1 aliphatic carbocycles. The van der Waals surface area contributed by atoms with Gasteiger partial charge in [0.2, 0.25) is 10.0 Å². The highest BCUT2D eigenvalue weighted by molar-refractivity contribution is 7.89. The number of imidazole rings is 1. The maximum atomic E-state index is 13.3. The Morgan fingerprint density at radius 3 is 2.69 bits per heavy atom. The van der Waals surface area contributed by atoms with Crippen LogP contribution >= 0.6 is 11.3 Å². The Balaban J connectivity index is 1.67. The molecule has 2 aliphatic rings. The Hall–Kier alpha value is -2.26. The second-order valence-corrected chi connectivity index (χ2v) is 12.8. The lowest BCUT2D eigenvalue weighted by Gasteiger charge is -2.44. The van der Waals surface area contributed by atoms with Gasteiger partial charge in [-0.3, -0.25) is 4.40 Å². The number of piperazine rings is 1. The monoisotopic (exact) mass is 527 g/mol. The summed E-state index contributed by atoms with van der Waals surface area (Å²) in [6, 6.07) is 1.39. The molecule has 10 nitrogen and oxygen atoms in total. The third-order valence-corrected chi connectivity index (χ3v) is 8.82. The molecule has 0 aromatic carbocycles. The number of nitrogens with zero attached hydrogens (tertiary/aromatic N) is 5. The number of hydrogen-bond donors (Lipinski definition) is 3. The van der Waals surface area contributed by atoms with Crippen LogP contribution in [0.2, 0.25) is 0 Å². The summed E-state index contributed by atoms with van der Waals surface area (Å²) >= 11 is 0.715. The third-order valence-electron chi connectivity index (χ3n) is 6.29. The molecule has 3 aromatic rings. The fraction of sp³-hybridized carbons (Fsp3) is 0.571. The number of hydrogen-bond acceptors (Lipinski definition) is 9. The Morgan fingerprint density at radius 2 is 2.06 bits per heavy atom. The molecule has 0 amide bonds. The molecule has 0 spiro atoms. The molecule has 1 saturated carbocycles. The number of aliphatic hydroxyl groups excluding tert-OH is 1. The Labute approximate surface area is 205 Å². The van der Waals surface area contributed by atoms with Gasteiger partial charge in [0, 0.05) is 36.4 Å². The van der Waals surface area contributed by atoms with Crippen molar-refractivity contribution in [3.63, 3.8) is 0 Å². The van der Waals surface area contributed by atoms with Gasteiger partial charge in [0.25, 0.3) is 6.43 Å². The van der Waals surface area contributed by atoms with Gasteiger partial charge in [-0.15, -0.1) is 10.2 Å². The maximum Gasteiger partial charge on any atom is 0.291 e. The van der Waals surface area contributed by atoms with E-state index >= 15 is 0 Å². The second-order valence-electron chi connectivity index (χ2n) is 10.1. The summed E-state index contributed by atoms with van der Waals surface area (Å²) < 4.78 is 57.3. The summed E-state index contributed by atoms with van der Waals surface area (Å²) in [6.07, 6.45) is 1.76. The van der Waals surface area contributed by atoms with Crippen LogP contribution in [0.4, 0.5) is 14.5 Å². The third kappa shape index (κ3) is 4.77. The van der Waals surface area contributed by atoms with E-state index in [9.17, 15) is 22.3 Å². The zero-order chi connectivity index (χ0) is 25.2. The highest BCUT2D eigenvalue weighted by Gasteiger charge is 2.42. The van der Waals surface area contributed by atoms with Gasteiger partial charge in [-0.05, 0) is 39.7 Å². The first-order valence-electron chi connectivity index (χ1n) is 11.2. The smallest absolute Gasteiger partial charge is 0.291 e. The van der Waals surface area contributed by atoms with E-state index in [2.05, 4.69) is 25.2 Å². The van der Waals surface area contributed by atoms with Crippen molar-refractivity contribution in [2.45, 2.75) is 62.1 Å². The minimum absolute atomic E-state index is 0.0304. The van der Waals surface area contributed by atoms with Crippen LogP contribution in [0.25, 0.3) is 16.3 Å². The summed E-state index contributed by atoms with van der Waals surface area (Å²) in [6.45, 7) is 6.76. The summed E-state index contributed by atoms with van der Waals surface area (Å²) in [5, 5.41) is 20.4. The van der Waals surface area contributed by atoms with E-state index in [-0.39, 0.29) is 33.9 Å². The first kappa shape index (κ1) is 24.4. The number of aromatic nitrogens is 4. The number of rotatable bonds is 7. The van der Waals surface area contributed by atoms with Crippen LogP contribution in [0.3, 0.4) is 0 Å². The molecule has 1 atom stereocenters. The predicted molar refractivity (Wildman–Crippen MR) is 127 cm³/mol. The van der Waals surface area contributed by atoms with Crippen molar-refractivity contribution in [1.82, 2.24) is 29.6 Å². The van der Waals surface area contributed by atoms with Crippen LogP contribution in [0, 0.1) is 0 Å². The average molecular weight is 528 g/mol. The quantitative estimate of drug-likeness (QED) is 0.427. The molecule has 35 heavy (non-hydrogen) atoms. The van der Waals surface area contributed by atoms with Crippen molar-refractivity contribution in [2.75, 3.05) is 24.6 Å². The number of sulfonamides is 1. The summed E-state index contributed by atoms with van der Waals surface area (Å²) in [5.41, 5.74) is 0.376. The number of fused-ring (bicyclic) bond motifs is 1. The second kappa shape index (κ2) is 8.40. The van der Waals surface area contributed by atoms with Crippen LogP contribution in [0.1, 0.15) is 45.0 Å². The molecule has 4 heterocycles. The lowest BCUT2D eigenvalue weighted by atomic mass is 9.98. The van der Waals surface area contributed by atoms with Crippen molar-refractivity contribution in [3.05, 3.63) is 23.5 Å². The van der Waals surface area contributed by atoms with E-state index in [1.165, 1.54) is 6.20 Å². The molecular formula is C21H27F2N7O3S2. The number of aliphatic hydroxyl groups is 1. The average Bonchev–Trinajstić information content (AvgIpc) is 3.17. The molecule has 0 radical (unpaired) electrons. The Bertz CT molecular complexity index is 1370. The summed E-state index contributed by atoms with van der Waals surface area (Å²) in [4.78, 5) is 6.44. The maximum absolute atomic E-state index is 13.3. The van der Waals surface area contributed by atoms with Crippen LogP contribution < -0.4 is 14.9 Å². The summed E-state index contributed by atoms with van der Waals surface area (Å²) in [7, 11) is -3.88. The van der Waals surface area contributed by atoms with Crippen LogP contribution in [-0.2, 0) is 10.0 Å². The molecule has 0 bridgehead atoms. The van der Waals surface area contributed by atoms with Crippen LogP contribution in [0.15, 0.2) is 23.4 Å². The van der Waals surface area contributed by atoms with Gasteiger partial charge in [-0.25, -0.2) is 26.9 Å². The van der Waals surface area contributed by atoms with Gasteiger partial charge < -0.3 is 15.3 Å². The molecule has 1 aliphatic heterocycles. The topological polar surface area (TPSA) is 125 Å². The lowest BCUT2D eigenvalue weighted by molar-refractivity contribution is 0.150. The molecule has 3 N–H and O–H groups in total. The van der Waals surface area contributed by atoms with Gasteiger partial charge in [-0.1, -0.05) is 11.3 Å². The van der Waals surface area contributed by atoms with E-state index in [1.54, 1.807) is 16.7 Å². The van der Waals surface area contributed by atoms with Crippen molar-refractivity contribution in [2.24, 2.45) is 0 Å². The zero-order valence-electron chi connectivity index (χ0n) is 19.5. The molecule has 14 heteroatoms. The SMILES string of the molecule is CC1(C)CN(c2cc(S(=O)(=O)NC3(C)CC3)cn3c(-c4nnc(C(F)F)s4)ncc23)C[C@H](CO)N1. The Morgan fingerprint density at radius 1 is 1.31 bits per heavy atom. The molecule has 0 unspecified atom stereocenters. The molecule has 1 saturated heterocycles. The molecule has 3 aromatic heterocycles. The highest BCUT2D eigenvalue weighted by Crippen LogP contribution is 2.38. The number of anilines is 1. The number of nitrogens with one attached hydrogen (secondary N) is 2. The molecule has 5 rings (SSSR count). The van der Waals surface area contributed by atoms with Crippen molar-refractivity contribution >= 4 is 32.6 Å². The fourth-order valence-electron chi connectivity index (χ4n) is 4.44. The number of alkyl halides is 2. The fourth-order valence-corrected chi connectivity index (χ4v) is 6.61. The van der Waals surface area contributed by atoms with Crippen molar-refractivity contribution < 1.29 is 22.3 Å². The minimum Gasteiger partial charge on any atom is -0.395 e.